The van der Waals surface area contributed by atoms with Gasteiger partial charge in [-0.2, -0.15) is 0 Å². The van der Waals surface area contributed by atoms with E-state index in [2.05, 4.69) is 5.32 Å². The predicted molar refractivity (Wildman–Crippen MR) is 72.6 cm³/mol. The SMILES string of the molecule is CC(C)n1cccc1C(=O)NCC(C)(C)CCO. The molecule has 1 aromatic rings. The van der Waals surface area contributed by atoms with Gasteiger partial charge in [0.15, 0.2) is 0 Å². The Kier molecular flexibility index (Phi) is 4.96. The van der Waals surface area contributed by atoms with E-state index in [1.807, 2.05) is 50.6 Å². The van der Waals surface area contributed by atoms with Crippen molar-refractivity contribution in [3.8, 4) is 0 Å². The number of nitrogens with zero attached hydrogens (tertiary/aromatic N) is 1. The second-order valence-electron chi connectivity index (χ2n) is 5.71. The summed E-state index contributed by atoms with van der Waals surface area (Å²) >= 11 is 0. The lowest BCUT2D eigenvalue weighted by molar-refractivity contribution is 0.0917. The van der Waals surface area contributed by atoms with Gasteiger partial charge in [0.1, 0.15) is 5.69 Å². The molecule has 18 heavy (non-hydrogen) atoms. The number of hydrogen-bond acceptors (Lipinski definition) is 2. The number of carbonyl (C=O) groups is 1. The Morgan fingerprint density at radius 3 is 2.72 bits per heavy atom. The summed E-state index contributed by atoms with van der Waals surface area (Å²) in [4.78, 5) is 12.1. The third kappa shape index (κ3) is 3.88. The zero-order valence-electron chi connectivity index (χ0n) is 11.7. The van der Waals surface area contributed by atoms with Crippen molar-refractivity contribution in [2.75, 3.05) is 13.2 Å². The predicted octanol–water partition coefficient (Wildman–Crippen LogP) is 2.21. The zero-order valence-corrected chi connectivity index (χ0v) is 11.7. The van der Waals surface area contributed by atoms with Crippen molar-refractivity contribution < 1.29 is 9.90 Å². The Morgan fingerprint density at radius 1 is 1.50 bits per heavy atom. The number of nitrogens with one attached hydrogen (secondary N) is 1. The van der Waals surface area contributed by atoms with Crippen LogP contribution in [0.5, 0.6) is 0 Å². The number of rotatable bonds is 6. The second kappa shape index (κ2) is 6.05. The fraction of sp³-hybridized carbons (Fsp3) is 0.643. The van der Waals surface area contributed by atoms with Crippen molar-refractivity contribution >= 4 is 5.91 Å². The van der Waals surface area contributed by atoms with E-state index in [9.17, 15) is 4.79 Å². The van der Waals surface area contributed by atoms with Gasteiger partial charge >= 0.3 is 0 Å². The standard InChI is InChI=1S/C14H24N2O2/c1-11(2)16-8-5-6-12(16)13(18)15-10-14(3,4)7-9-17/h5-6,8,11,17H,7,9-10H2,1-4H3,(H,15,18). The second-order valence-corrected chi connectivity index (χ2v) is 5.71. The van der Waals surface area contributed by atoms with E-state index in [1.54, 1.807) is 0 Å². The first-order valence-electron chi connectivity index (χ1n) is 6.43. The molecule has 4 nitrogen and oxygen atoms in total. The molecule has 0 radical (unpaired) electrons. The first-order chi connectivity index (χ1) is 8.37. The van der Waals surface area contributed by atoms with Crippen molar-refractivity contribution in [3.05, 3.63) is 24.0 Å². The quantitative estimate of drug-likeness (QED) is 0.815. The molecule has 0 atom stereocenters. The van der Waals surface area contributed by atoms with Crippen LogP contribution in [0.4, 0.5) is 0 Å². The van der Waals surface area contributed by atoms with Crippen molar-refractivity contribution in [1.82, 2.24) is 9.88 Å². The average molecular weight is 252 g/mol. The molecular formula is C14H24N2O2. The van der Waals surface area contributed by atoms with Crippen LogP contribution in [0, 0.1) is 5.41 Å². The van der Waals surface area contributed by atoms with Gasteiger partial charge in [0, 0.05) is 25.4 Å². The van der Waals surface area contributed by atoms with Crippen LogP contribution >= 0.6 is 0 Å². The molecule has 1 rings (SSSR count). The Labute approximate surface area is 109 Å². The molecule has 0 saturated carbocycles. The third-order valence-corrected chi connectivity index (χ3v) is 3.08. The number of hydrogen-bond donors (Lipinski definition) is 2. The highest BCUT2D eigenvalue weighted by Crippen LogP contribution is 2.18. The maximum Gasteiger partial charge on any atom is 0.267 e. The molecule has 4 heteroatoms. The summed E-state index contributed by atoms with van der Waals surface area (Å²) in [6, 6.07) is 3.98. The summed E-state index contributed by atoms with van der Waals surface area (Å²) in [6.07, 6.45) is 2.59. The Balaban J connectivity index is 2.63. The minimum absolute atomic E-state index is 0.0558. The van der Waals surface area contributed by atoms with Crippen LogP contribution in [0.2, 0.25) is 0 Å². The molecule has 0 spiro atoms. The van der Waals surface area contributed by atoms with Gasteiger partial charge in [-0.05, 0) is 37.8 Å². The molecule has 1 amide bonds. The molecule has 0 aliphatic rings. The minimum atomic E-state index is -0.0837. The van der Waals surface area contributed by atoms with Gasteiger partial charge in [0.2, 0.25) is 0 Å². The van der Waals surface area contributed by atoms with Crippen molar-refractivity contribution in [2.24, 2.45) is 5.41 Å². The van der Waals surface area contributed by atoms with Crippen LogP contribution in [0.15, 0.2) is 18.3 Å². The van der Waals surface area contributed by atoms with E-state index >= 15 is 0 Å². The molecule has 0 aromatic carbocycles. The number of aliphatic hydroxyl groups is 1. The van der Waals surface area contributed by atoms with Crippen molar-refractivity contribution in [1.29, 1.82) is 0 Å². The molecule has 0 bridgehead atoms. The normalized spacial score (nSPS) is 11.9. The Morgan fingerprint density at radius 2 is 2.17 bits per heavy atom. The van der Waals surface area contributed by atoms with E-state index in [-0.39, 0.29) is 24.0 Å². The number of amides is 1. The highest BCUT2D eigenvalue weighted by molar-refractivity contribution is 5.92. The highest BCUT2D eigenvalue weighted by Gasteiger charge is 2.20. The summed E-state index contributed by atoms with van der Waals surface area (Å²) in [5.74, 6) is -0.0558. The van der Waals surface area contributed by atoms with Gasteiger partial charge in [0.05, 0.1) is 0 Å². The lowest BCUT2D eigenvalue weighted by Crippen LogP contribution is -2.35. The van der Waals surface area contributed by atoms with E-state index in [1.165, 1.54) is 0 Å². The number of aliphatic hydroxyl groups excluding tert-OH is 1. The summed E-state index contributed by atoms with van der Waals surface area (Å²) in [7, 11) is 0. The molecule has 0 unspecified atom stereocenters. The summed E-state index contributed by atoms with van der Waals surface area (Å²) in [5.41, 5.74) is 0.601. The van der Waals surface area contributed by atoms with E-state index in [4.69, 9.17) is 5.11 Å². The van der Waals surface area contributed by atoms with Crippen molar-refractivity contribution in [3.63, 3.8) is 0 Å². The maximum absolute atomic E-state index is 12.1. The summed E-state index contributed by atoms with van der Waals surface area (Å²) < 4.78 is 1.95. The van der Waals surface area contributed by atoms with Crippen LogP contribution in [0.1, 0.15) is 50.6 Å². The Hall–Kier alpha value is -1.29. The number of aromatic nitrogens is 1. The van der Waals surface area contributed by atoms with Crippen molar-refractivity contribution in [2.45, 2.75) is 40.2 Å². The fourth-order valence-corrected chi connectivity index (χ4v) is 1.84. The Bertz CT molecular complexity index is 394. The smallest absolute Gasteiger partial charge is 0.267 e. The molecular weight excluding hydrogens is 228 g/mol. The molecule has 0 saturated heterocycles. The zero-order chi connectivity index (χ0) is 13.8. The van der Waals surface area contributed by atoms with Crippen LogP contribution in [-0.2, 0) is 0 Å². The number of carbonyl (C=O) groups excluding carboxylic acids is 1. The van der Waals surface area contributed by atoms with Gasteiger partial charge in [-0.15, -0.1) is 0 Å². The maximum atomic E-state index is 12.1. The summed E-state index contributed by atoms with van der Waals surface area (Å²) in [6.45, 7) is 8.87. The molecule has 0 aliphatic carbocycles. The molecule has 1 aromatic heterocycles. The topological polar surface area (TPSA) is 54.3 Å². The molecule has 102 valence electrons. The van der Waals surface area contributed by atoms with Gasteiger partial charge in [0.25, 0.3) is 5.91 Å². The first-order valence-corrected chi connectivity index (χ1v) is 6.43. The largest absolute Gasteiger partial charge is 0.396 e. The molecule has 2 N–H and O–H groups in total. The molecule has 0 fully saturated rings. The monoisotopic (exact) mass is 252 g/mol. The van der Waals surface area contributed by atoms with E-state index < -0.39 is 0 Å². The van der Waals surface area contributed by atoms with Crippen LogP contribution in [0.3, 0.4) is 0 Å². The highest BCUT2D eigenvalue weighted by atomic mass is 16.3. The molecule has 0 aliphatic heterocycles. The van der Waals surface area contributed by atoms with Gasteiger partial charge in [-0.25, -0.2) is 0 Å². The van der Waals surface area contributed by atoms with Gasteiger partial charge in [-0.3, -0.25) is 4.79 Å². The van der Waals surface area contributed by atoms with E-state index in [0.29, 0.717) is 18.7 Å². The lowest BCUT2D eigenvalue weighted by Gasteiger charge is -2.24. The minimum Gasteiger partial charge on any atom is -0.396 e. The third-order valence-electron chi connectivity index (χ3n) is 3.08. The fourth-order valence-electron chi connectivity index (χ4n) is 1.84. The van der Waals surface area contributed by atoms with Crippen LogP contribution < -0.4 is 5.32 Å². The molecule has 1 heterocycles. The first kappa shape index (κ1) is 14.8. The summed E-state index contributed by atoms with van der Waals surface area (Å²) in [5, 5.41) is 11.9. The van der Waals surface area contributed by atoms with Crippen LogP contribution in [-0.4, -0.2) is 28.7 Å². The van der Waals surface area contributed by atoms with Crippen LogP contribution in [0.25, 0.3) is 0 Å². The average Bonchev–Trinajstić information content (AvgIpc) is 2.74. The lowest BCUT2D eigenvalue weighted by atomic mass is 9.90. The van der Waals surface area contributed by atoms with Gasteiger partial charge in [-0.1, -0.05) is 13.8 Å². The van der Waals surface area contributed by atoms with E-state index in [0.717, 1.165) is 0 Å². The van der Waals surface area contributed by atoms with Gasteiger partial charge < -0.3 is 15.0 Å².